The van der Waals surface area contributed by atoms with Gasteiger partial charge in [0.2, 0.25) is 0 Å². The smallest absolute Gasteiger partial charge is 0.256 e. The predicted octanol–water partition coefficient (Wildman–Crippen LogP) is 6.84. The zero-order valence-corrected chi connectivity index (χ0v) is 20.9. The Kier molecular flexibility index (Phi) is 4.73. The largest absolute Gasteiger partial charge is 0.347 e. The number of aryl methyl sites for hydroxylation is 3. The van der Waals surface area contributed by atoms with Crippen molar-refractivity contribution in [2.75, 3.05) is 5.32 Å². The van der Waals surface area contributed by atoms with E-state index in [4.69, 9.17) is 0 Å². The van der Waals surface area contributed by atoms with Crippen LogP contribution in [0.25, 0.3) is 22.0 Å². The Morgan fingerprint density at radius 2 is 1.23 bits per heavy atom. The first-order valence-corrected chi connectivity index (χ1v) is 11.1. The fourth-order valence-corrected chi connectivity index (χ4v) is 5.55. The average Bonchev–Trinajstić information content (AvgIpc) is 3.21. The van der Waals surface area contributed by atoms with Crippen LogP contribution in [-0.2, 0) is 11.8 Å². The van der Waals surface area contributed by atoms with E-state index in [2.05, 4.69) is 86.2 Å². The summed E-state index contributed by atoms with van der Waals surface area (Å²) in [6, 6.07) is 0. The van der Waals surface area contributed by atoms with Crippen molar-refractivity contribution in [1.82, 2.24) is 4.57 Å². The Morgan fingerprint density at radius 1 is 0.710 bits per heavy atom. The maximum absolute atomic E-state index is 13.3. The molecule has 3 aromatic rings. The maximum Gasteiger partial charge on any atom is 0.256 e. The average molecular weight is 415 g/mol. The highest BCUT2D eigenvalue weighted by Crippen LogP contribution is 2.46. The summed E-state index contributed by atoms with van der Waals surface area (Å²) in [4.78, 5) is 13.3. The number of benzene rings is 2. The van der Waals surface area contributed by atoms with Crippen LogP contribution in [0.3, 0.4) is 0 Å². The Hall–Kier alpha value is -2.81. The van der Waals surface area contributed by atoms with Crippen molar-refractivity contribution in [3.05, 3.63) is 61.3 Å². The SMILES string of the molecule is C/C(=C1/C(=O)Nc2c(C)c(C)c(C)c(C)c21)c1c(C)n(C)c2c(C)c(C)c(C)c(C)c12. The van der Waals surface area contributed by atoms with Gasteiger partial charge < -0.3 is 9.88 Å². The van der Waals surface area contributed by atoms with E-state index in [0.29, 0.717) is 0 Å². The molecule has 1 aliphatic heterocycles. The number of aromatic nitrogens is 1. The Balaban J connectivity index is 2.19. The monoisotopic (exact) mass is 414 g/mol. The lowest BCUT2D eigenvalue weighted by Crippen LogP contribution is -2.06. The molecule has 31 heavy (non-hydrogen) atoms. The lowest BCUT2D eigenvalue weighted by atomic mass is 9.86. The molecule has 0 saturated heterocycles. The minimum Gasteiger partial charge on any atom is -0.347 e. The summed E-state index contributed by atoms with van der Waals surface area (Å²) in [5.74, 6) is 0.0123. The maximum atomic E-state index is 13.3. The first-order chi connectivity index (χ1) is 14.4. The number of anilines is 1. The molecular weight excluding hydrogens is 380 g/mol. The molecule has 0 fully saturated rings. The van der Waals surface area contributed by atoms with Gasteiger partial charge in [0, 0.05) is 29.3 Å². The van der Waals surface area contributed by atoms with Gasteiger partial charge in [0.25, 0.3) is 5.91 Å². The van der Waals surface area contributed by atoms with Crippen LogP contribution < -0.4 is 5.32 Å². The van der Waals surface area contributed by atoms with E-state index in [9.17, 15) is 4.79 Å². The Labute approximate surface area is 186 Å². The molecule has 0 radical (unpaired) electrons. The number of fused-ring (bicyclic) bond motifs is 2. The first-order valence-electron chi connectivity index (χ1n) is 11.1. The molecule has 1 aliphatic rings. The van der Waals surface area contributed by atoms with Gasteiger partial charge in [-0.15, -0.1) is 0 Å². The van der Waals surface area contributed by atoms with Gasteiger partial charge in [-0.05, 0) is 119 Å². The summed E-state index contributed by atoms with van der Waals surface area (Å²) in [6.07, 6.45) is 0. The third-order valence-electron chi connectivity index (χ3n) is 8.26. The molecule has 2 aromatic carbocycles. The highest BCUT2D eigenvalue weighted by molar-refractivity contribution is 6.38. The lowest BCUT2D eigenvalue weighted by Gasteiger charge is -2.16. The third-order valence-corrected chi connectivity index (χ3v) is 8.26. The predicted molar refractivity (Wildman–Crippen MR) is 133 cm³/mol. The van der Waals surface area contributed by atoms with Crippen LogP contribution >= 0.6 is 0 Å². The number of rotatable bonds is 1. The van der Waals surface area contributed by atoms with Gasteiger partial charge in [0.15, 0.2) is 0 Å². The Bertz CT molecular complexity index is 1360. The topological polar surface area (TPSA) is 34.0 Å². The van der Waals surface area contributed by atoms with E-state index in [0.717, 1.165) is 22.4 Å². The normalized spacial score (nSPS) is 15.0. The second-order valence-electron chi connectivity index (χ2n) is 9.45. The minimum absolute atomic E-state index is 0.0123. The standard InChI is InChI=1S/C28H34N2O/c1-12-14(3)18(7)26-23(16(12)5)25(28(31)29-26)20(9)22-21(10)30(11)27-19(8)15(4)13(2)17(6)24(22)27/h1-11H3,(H,29,31)/b25-20-. The van der Waals surface area contributed by atoms with Gasteiger partial charge in [-0.2, -0.15) is 0 Å². The van der Waals surface area contributed by atoms with E-state index < -0.39 is 0 Å². The van der Waals surface area contributed by atoms with Crippen LogP contribution in [0.5, 0.6) is 0 Å². The van der Waals surface area contributed by atoms with Crippen molar-refractivity contribution < 1.29 is 4.79 Å². The number of carbonyl (C=O) groups excluding carboxylic acids is 1. The van der Waals surface area contributed by atoms with Gasteiger partial charge in [0.1, 0.15) is 0 Å². The quantitative estimate of drug-likeness (QED) is 0.435. The third kappa shape index (κ3) is 2.62. The molecule has 1 amide bonds. The van der Waals surface area contributed by atoms with Crippen LogP contribution in [0.2, 0.25) is 0 Å². The molecule has 0 saturated carbocycles. The molecule has 0 atom stereocenters. The number of nitrogens with one attached hydrogen (secondary N) is 1. The number of nitrogens with zero attached hydrogens (tertiary/aromatic N) is 1. The molecule has 3 nitrogen and oxygen atoms in total. The molecule has 1 N–H and O–H groups in total. The van der Waals surface area contributed by atoms with Crippen molar-refractivity contribution in [2.24, 2.45) is 7.05 Å². The number of amides is 1. The highest BCUT2D eigenvalue weighted by Gasteiger charge is 2.33. The summed E-state index contributed by atoms with van der Waals surface area (Å²) in [5.41, 5.74) is 17.9. The van der Waals surface area contributed by atoms with Crippen molar-refractivity contribution in [1.29, 1.82) is 0 Å². The molecule has 0 bridgehead atoms. The lowest BCUT2D eigenvalue weighted by molar-refractivity contribution is -0.110. The van der Waals surface area contributed by atoms with E-state index in [1.54, 1.807) is 0 Å². The number of carbonyl (C=O) groups is 1. The fourth-order valence-electron chi connectivity index (χ4n) is 5.55. The van der Waals surface area contributed by atoms with Crippen molar-refractivity contribution in [3.63, 3.8) is 0 Å². The fraction of sp³-hybridized carbons (Fsp3) is 0.393. The summed E-state index contributed by atoms with van der Waals surface area (Å²) in [5, 5.41) is 4.47. The van der Waals surface area contributed by atoms with Crippen LogP contribution in [0, 0.1) is 62.3 Å². The van der Waals surface area contributed by atoms with Gasteiger partial charge >= 0.3 is 0 Å². The van der Waals surface area contributed by atoms with Gasteiger partial charge in [-0.1, -0.05) is 0 Å². The van der Waals surface area contributed by atoms with Crippen molar-refractivity contribution in [2.45, 2.75) is 69.2 Å². The summed E-state index contributed by atoms with van der Waals surface area (Å²) < 4.78 is 2.30. The zero-order valence-electron chi connectivity index (χ0n) is 20.9. The second-order valence-corrected chi connectivity index (χ2v) is 9.45. The molecule has 162 valence electrons. The molecule has 4 rings (SSSR count). The minimum atomic E-state index is 0.0123. The molecule has 2 heterocycles. The number of hydrogen-bond acceptors (Lipinski definition) is 1. The van der Waals surface area contributed by atoms with E-state index in [1.165, 1.54) is 66.7 Å². The van der Waals surface area contributed by atoms with Crippen LogP contribution in [0.15, 0.2) is 0 Å². The molecular formula is C28H34N2O. The first kappa shape index (κ1) is 21.4. The molecule has 0 spiro atoms. The highest BCUT2D eigenvalue weighted by atomic mass is 16.2. The Morgan fingerprint density at radius 3 is 1.84 bits per heavy atom. The zero-order chi connectivity index (χ0) is 23.1. The molecule has 0 unspecified atom stereocenters. The van der Waals surface area contributed by atoms with Gasteiger partial charge in [-0.25, -0.2) is 0 Å². The summed E-state index contributed by atoms with van der Waals surface area (Å²) >= 11 is 0. The summed E-state index contributed by atoms with van der Waals surface area (Å²) in [6.45, 7) is 21.7. The molecule has 1 aromatic heterocycles. The molecule has 0 aliphatic carbocycles. The van der Waals surface area contributed by atoms with E-state index in [-0.39, 0.29) is 5.91 Å². The van der Waals surface area contributed by atoms with E-state index in [1.807, 2.05) is 0 Å². The van der Waals surface area contributed by atoms with Gasteiger partial charge in [-0.3, -0.25) is 4.79 Å². The van der Waals surface area contributed by atoms with Crippen LogP contribution in [0.1, 0.15) is 68.3 Å². The van der Waals surface area contributed by atoms with Crippen molar-refractivity contribution in [3.8, 4) is 0 Å². The van der Waals surface area contributed by atoms with Crippen LogP contribution in [-0.4, -0.2) is 10.5 Å². The second kappa shape index (κ2) is 6.85. The number of hydrogen-bond donors (Lipinski definition) is 1. The number of allylic oxidation sites excluding steroid dienone is 1. The summed E-state index contributed by atoms with van der Waals surface area (Å²) in [7, 11) is 2.14. The van der Waals surface area contributed by atoms with Crippen LogP contribution in [0.4, 0.5) is 5.69 Å². The van der Waals surface area contributed by atoms with Gasteiger partial charge in [0.05, 0.1) is 16.8 Å². The van der Waals surface area contributed by atoms with E-state index >= 15 is 0 Å². The van der Waals surface area contributed by atoms with Crippen molar-refractivity contribution >= 4 is 33.6 Å². The molecule has 3 heteroatoms.